The molecule has 5 heterocycles. The van der Waals surface area contributed by atoms with Crippen LogP contribution in [0, 0.1) is 0 Å². The molecule has 10 aromatic rings. The third kappa shape index (κ3) is 3.15. The number of aromatic nitrogens is 2. The molecule has 5 heteroatoms. The summed E-state index contributed by atoms with van der Waals surface area (Å²) in [6.45, 7) is -0.136. The van der Waals surface area contributed by atoms with E-state index in [0.717, 1.165) is 28.0 Å². The van der Waals surface area contributed by atoms with E-state index in [9.17, 15) is 0 Å². The van der Waals surface area contributed by atoms with Crippen LogP contribution in [0.2, 0.25) is 0 Å². The van der Waals surface area contributed by atoms with Crippen molar-refractivity contribution in [3.05, 3.63) is 158 Å². The molecule has 0 aliphatic carbocycles. The maximum Gasteiger partial charge on any atom is 0.375 e. The summed E-state index contributed by atoms with van der Waals surface area (Å²) < 4.78 is 12.0. The second-order valence-electron chi connectivity index (χ2n) is 13.3. The smallest absolute Gasteiger partial charge is 0.375 e. The van der Waals surface area contributed by atoms with Crippen molar-refractivity contribution in [3.8, 4) is 16.8 Å². The molecule has 0 saturated heterocycles. The average Bonchev–Trinajstić information content (AvgIpc) is 3.81. The predicted octanol–water partition coefficient (Wildman–Crippen LogP) is 10.1. The van der Waals surface area contributed by atoms with Crippen molar-refractivity contribution in [3.63, 3.8) is 0 Å². The minimum absolute atomic E-state index is 0.136. The Morgan fingerprint density at radius 2 is 1.12 bits per heavy atom. The number of anilines is 3. The van der Waals surface area contributed by atoms with Crippen LogP contribution in [0.3, 0.4) is 0 Å². The lowest BCUT2D eigenvalue weighted by Crippen LogP contribution is -2.56. The number of benzene rings is 7. The van der Waals surface area contributed by atoms with Gasteiger partial charge in [0.15, 0.2) is 0 Å². The van der Waals surface area contributed by atoms with E-state index in [1.165, 1.54) is 71.6 Å². The van der Waals surface area contributed by atoms with Gasteiger partial charge < -0.3 is 18.4 Å². The molecular weight excluding hydrogens is 597 g/mol. The Morgan fingerprint density at radius 3 is 1.98 bits per heavy atom. The Morgan fingerprint density at radius 1 is 0.469 bits per heavy atom. The lowest BCUT2D eigenvalue weighted by atomic mass is 9.47. The molecule has 12 rings (SSSR count). The molecule has 0 spiro atoms. The van der Waals surface area contributed by atoms with Crippen LogP contribution >= 0.6 is 0 Å². The zero-order valence-electron chi connectivity index (χ0n) is 26.3. The fraction of sp³-hybridized carbons (Fsp3) is 0. The maximum atomic E-state index is 7.01. The summed E-state index contributed by atoms with van der Waals surface area (Å²) in [5, 5.41) is 6.14. The molecule has 49 heavy (non-hydrogen) atoms. The van der Waals surface area contributed by atoms with Gasteiger partial charge >= 0.3 is 6.85 Å². The van der Waals surface area contributed by atoms with E-state index in [-0.39, 0.29) is 6.85 Å². The first-order valence-electron chi connectivity index (χ1n) is 16.9. The van der Waals surface area contributed by atoms with Gasteiger partial charge in [-0.2, -0.15) is 0 Å². The summed E-state index contributed by atoms with van der Waals surface area (Å²) in [4.78, 5) is 2.42. The molecule has 3 aromatic heterocycles. The third-order valence-corrected chi connectivity index (χ3v) is 10.9. The van der Waals surface area contributed by atoms with Gasteiger partial charge in [0.2, 0.25) is 0 Å². The molecule has 0 unspecified atom stereocenters. The molecule has 2 aliphatic heterocycles. The van der Waals surface area contributed by atoms with Crippen LogP contribution < -0.4 is 16.0 Å². The van der Waals surface area contributed by atoms with Crippen LogP contribution in [0.15, 0.2) is 162 Å². The van der Waals surface area contributed by atoms with Crippen molar-refractivity contribution in [1.29, 1.82) is 0 Å². The van der Waals surface area contributed by atoms with Crippen LogP contribution in [0.1, 0.15) is 0 Å². The molecule has 0 saturated carbocycles. The Balaban J connectivity index is 1.26. The number of hydrogen-bond acceptors (Lipinski definition) is 2. The number of rotatable bonds is 2. The second kappa shape index (κ2) is 9.12. The summed E-state index contributed by atoms with van der Waals surface area (Å²) in [5.41, 5.74) is 15.2. The standard InChI is InChI=1S/C44H26BN3O/c1-3-13-27(14-4-1)46-36-22-9-7-17-29(36)34-26-39-35(25-38(34)46)32-21-11-20-31-30-19-12-23-37-41(30)45(48(39)42(31)32)44-43(33-18-8-10-24-40(33)49-44)47(37)28-15-5-2-6-16-28/h1-26H. The van der Waals surface area contributed by atoms with Gasteiger partial charge in [-0.1, -0.05) is 97.1 Å². The van der Waals surface area contributed by atoms with Crippen LogP contribution in [0.25, 0.3) is 71.4 Å². The highest BCUT2D eigenvalue weighted by Gasteiger charge is 2.46. The van der Waals surface area contributed by atoms with Gasteiger partial charge in [0, 0.05) is 60.6 Å². The zero-order chi connectivity index (χ0) is 31.8. The van der Waals surface area contributed by atoms with Crippen molar-refractivity contribution in [2.45, 2.75) is 0 Å². The molecule has 0 bridgehead atoms. The van der Waals surface area contributed by atoms with E-state index < -0.39 is 0 Å². The lowest BCUT2D eigenvalue weighted by molar-refractivity contribution is 0.649. The highest BCUT2D eigenvalue weighted by Crippen LogP contribution is 2.48. The fourth-order valence-corrected chi connectivity index (χ4v) is 8.98. The Hall–Kier alpha value is -6.46. The topological polar surface area (TPSA) is 26.2 Å². The predicted molar refractivity (Wildman–Crippen MR) is 204 cm³/mol. The van der Waals surface area contributed by atoms with Gasteiger partial charge in [-0.05, 0) is 71.7 Å². The molecule has 0 fully saturated rings. The summed E-state index contributed by atoms with van der Waals surface area (Å²) >= 11 is 0. The van der Waals surface area contributed by atoms with Crippen LogP contribution in [0.5, 0.6) is 0 Å². The first-order valence-corrected chi connectivity index (χ1v) is 16.9. The van der Waals surface area contributed by atoms with Crippen molar-refractivity contribution in [2.75, 3.05) is 4.90 Å². The van der Waals surface area contributed by atoms with E-state index in [4.69, 9.17) is 4.42 Å². The molecule has 0 N–H and O–H groups in total. The second-order valence-corrected chi connectivity index (χ2v) is 13.3. The number of fused-ring (bicyclic) bond motifs is 12. The van der Waals surface area contributed by atoms with E-state index in [2.05, 4.69) is 172 Å². The summed E-state index contributed by atoms with van der Waals surface area (Å²) in [5.74, 6) is 0. The zero-order valence-corrected chi connectivity index (χ0v) is 26.3. The molecule has 0 radical (unpaired) electrons. The van der Waals surface area contributed by atoms with Crippen molar-refractivity contribution < 1.29 is 4.42 Å². The largest absolute Gasteiger partial charge is 0.466 e. The summed E-state index contributed by atoms with van der Waals surface area (Å²) in [7, 11) is 0. The number of nitrogens with zero attached hydrogens (tertiary/aromatic N) is 3. The first kappa shape index (κ1) is 25.6. The molecule has 0 amide bonds. The quantitative estimate of drug-likeness (QED) is 0.179. The molecule has 226 valence electrons. The molecule has 2 aliphatic rings. The Bertz CT molecular complexity index is 3010. The van der Waals surface area contributed by atoms with Gasteiger partial charge in [0.25, 0.3) is 0 Å². The maximum absolute atomic E-state index is 7.01. The first-order chi connectivity index (χ1) is 24.3. The van der Waals surface area contributed by atoms with Crippen LogP contribution in [-0.4, -0.2) is 15.9 Å². The molecule has 0 atom stereocenters. The number of para-hydroxylation sites is 5. The SMILES string of the molecule is c1ccc(N2c3cccc4c3B(c3oc5ccccc5c32)n2c3cc5c6ccccc6n(-c6ccccc6)c5cc3c3cccc-4c32)cc1. The van der Waals surface area contributed by atoms with E-state index in [0.29, 0.717) is 0 Å². The summed E-state index contributed by atoms with van der Waals surface area (Å²) in [6, 6.07) is 57.2. The third-order valence-electron chi connectivity index (χ3n) is 10.9. The van der Waals surface area contributed by atoms with Gasteiger partial charge in [-0.3, -0.25) is 0 Å². The van der Waals surface area contributed by atoms with Crippen LogP contribution in [-0.2, 0) is 0 Å². The monoisotopic (exact) mass is 623 g/mol. The number of hydrogen-bond donors (Lipinski definition) is 0. The van der Waals surface area contributed by atoms with Crippen molar-refractivity contribution in [2.24, 2.45) is 0 Å². The molecular formula is C44H26BN3O. The fourth-order valence-electron chi connectivity index (χ4n) is 8.98. The minimum Gasteiger partial charge on any atom is -0.466 e. The normalized spacial score (nSPS) is 13.2. The highest BCUT2D eigenvalue weighted by atomic mass is 16.3. The van der Waals surface area contributed by atoms with E-state index >= 15 is 0 Å². The Labute approximate surface area is 281 Å². The highest BCUT2D eigenvalue weighted by molar-refractivity contribution is 6.89. The summed E-state index contributed by atoms with van der Waals surface area (Å²) in [6.07, 6.45) is 0. The van der Waals surface area contributed by atoms with Gasteiger partial charge in [-0.25, -0.2) is 0 Å². The molecule has 4 nitrogen and oxygen atoms in total. The Kier molecular flexibility index (Phi) is 4.77. The number of furan rings is 1. The average molecular weight is 624 g/mol. The van der Waals surface area contributed by atoms with Crippen molar-refractivity contribution in [1.82, 2.24) is 9.05 Å². The van der Waals surface area contributed by atoms with E-state index in [1.807, 2.05) is 0 Å². The minimum atomic E-state index is -0.136. The van der Waals surface area contributed by atoms with Gasteiger partial charge in [0.1, 0.15) is 11.2 Å². The lowest BCUT2D eigenvalue weighted by Gasteiger charge is -2.38. The van der Waals surface area contributed by atoms with Crippen molar-refractivity contribution >= 4 is 89.6 Å². The van der Waals surface area contributed by atoms with Gasteiger partial charge in [-0.15, -0.1) is 0 Å². The molecule has 7 aromatic carbocycles. The van der Waals surface area contributed by atoms with E-state index in [1.54, 1.807) is 0 Å². The van der Waals surface area contributed by atoms with Crippen LogP contribution in [0.4, 0.5) is 17.1 Å². The van der Waals surface area contributed by atoms with Gasteiger partial charge in [0.05, 0.1) is 16.7 Å².